The maximum absolute atomic E-state index is 13.8. The predicted octanol–water partition coefficient (Wildman–Crippen LogP) is 3.68. The molecular formula is C14H17BrFNO. The van der Waals surface area contributed by atoms with Crippen LogP contribution in [0.1, 0.15) is 42.5 Å². The fourth-order valence-electron chi connectivity index (χ4n) is 2.71. The Bertz CT molecular complexity index is 455. The molecule has 0 spiro atoms. The summed E-state index contributed by atoms with van der Waals surface area (Å²) in [5.41, 5.74) is 5.42. The van der Waals surface area contributed by atoms with E-state index in [0.29, 0.717) is 6.54 Å². The number of benzene rings is 1. The third-order valence-corrected chi connectivity index (χ3v) is 4.35. The largest absolute Gasteiger partial charge is 0.329 e. The molecular weight excluding hydrogens is 297 g/mol. The molecule has 2 N–H and O–H groups in total. The molecule has 2 nitrogen and oxygen atoms in total. The van der Waals surface area contributed by atoms with Gasteiger partial charge in [-0.2, -0.15) is 0 Å². The van der Waals surface area contributed by atoms with Gasteiger partial charge in [0.1, 0.15) is 5.82 Å². The van der Waals surface area contributed by atoms with E-state index in [1.54, 1.807) is 12.1 Å². The minimum absolute atomic E-state index is 0.136. The zero-order valence-electron chi connectivity index (χ0n) is 10.2. The van der Waals surface area contributed by atoms with E-state index in [9.17, 15) is 9.18 Å². The van der Waals surface area contributed by atoms with Gasteiger partial charge in [-0.1, -0.05) is 35.2 Å². The van der Waals surface area contributed by atoms with Gasteiger partial charge in [-0.3, -0.25) is 4.79 Å². The Hall–Kier alpha value is -0.740. The van der Waals surface area contributed by atoms with Crippen LogP contribution in [0.2, 0.25) is 0 Å². The summed E-state index contributed by atoms with van der Waals surface area (Å²) in [5, 5.41) is 0. The van der Waals surface area contributed by atoms with Crippen LogP contribution in [-0.2, 0) is 0 Å². The van der Waals surface area contributed by atoms with E-state index in [0.717, 1.165) is 36.6 Å². The molecule has 1 fully saturated rings. The second kappa shape index (κ2) is 5.49. The molecule has 0 unspecified atom stereocenters. The molecule has 0 saturated heterocycles. The maximum Gasteiger partial charge on any atom is 0.173 e. The van der Waals surface area contributed by atoms with Gasteiger partial charge in [0.05, 0.1) is 5.56 Å². The molecule has 0 radical (unpaired) electrons. The van der Waals surface area contributed by atoms with Crippen molar-refractivity contribution in [3.8, 4) is 0 Å². The Morgan fingerprint density at radius 1 is 1.33 bits per heavy atom. The van der Waals surface area contributed by atoms with Crippen LogP contribution in [0.4, 0.5) is 4.39 Å². The van der Waals surface area contributed by atoms with Crippen molar-refractivity contribution in [1.29, 1.82) is 0 Å². The molecule has 1 saturated carbocycles. The first-order valence-corrected chi connectivity index (χ1v) is 7.08. The van der Waals surface area contributed by atoms with Gasteiger partial charge in [0.2, 0.25) is 0 Å². The summed E-state index contributed by atoms with van der Waals surface area (Å²) in [6.07, 6.45) is 4.68. The SMILES string of the molecule is NCC1(C(=O)c2cc(Br)ccc2F)CCCCC1. The van der Waals surface area contributed by atoms with Crippen molar-refractivity contribution >= 4 is 21.7 Å². The highest BCUT2D eigenvalue weighted by atomic mass is 79.9. The number of ketones is 1. The zero-order valence-corrected chi connectivity index (χ0v) is 11.8. The van der Waals surface area contributed by atoms with Crippen LogP contribution in [0.15, 0.2) is 22.7 Å². The van der Waals surface area contributed by atoms with Crippen molar-refractivity contribution < 1.29 is 9.18 Å². The summed E-state index contributed by atoms with van der Waals surface area (Å²) in [6.45, 7) is 0.303. The van der Waals surface area contributed by atoms with Crippen LogP contribution in [-0.4, -0.2) is 12.3 Å². The first-order valence-electron chi connectivity index (χ1n) is 6.29. The number of halogens is 2. The lowest BCUT2D eigenvalue weighted by molar-refractivity contribution is 0.0725. The monoisotopic (exact) mass is 313 g/mol. The minimum Gasteiger partial charge on any atom is -0.329 e. The first-order chi connectivity index (χ1) is 8.59. The summed E-state index contributed by atoms with van der Waals surface area (Å²) in [7, 11) is 0. The number of carbonyl (C=O) groups excluding carboxylic acids is 1. The van der Waals surface area contributed by atoms with E-state index in [-0.39, 0.29) is 11.3 Å². The first kappa shape index (κ1) is 13.7. The number of carbonyl (C=O) groups is 1. The molecule has 1 aromatic carbocycles. The van der Waals surface area contributed by atoms with Gasteiger partial charge in [-0.15, -0.1) is 0 Å². The lowest BCUT2D eigenvalue weighted by atomic mass is 9.69. The lowest BCUT2D eigenvalue weighted by Gasteiger charge is -2.34. The Labute approximate surface area is 115 Å². The number of hydrogen-bond acceptors (Lipinski definition) is 2. The number of hydrogen-bond donors (Lipinski definition) is 1. The Kier molecular flexibility index (Phi) is 4.17. The molecule has 18 heavy (non-hydrogen) atoms. The van der Waals surface area contributed by atoms with Gasteiger partial charge in [-0.25, -0.2) is 4.39 Å². The average Bonchev–Trinajstić information content (AvgIpc) is 2.41. The standard InChI is InChI=1S/C14H17BrFNO/c15-10-4-5-12(16)11(8-10)13(18)14(9-17)6-2-1-3-7-14/h4-5,8H,1-3,6-7,9,17H2. The molecule has 0 heterocycles. The fraction of sp³-hybridized carbons (Fsp3) is 0.500. The highest BCUT2D eigenvalue weighted by Gasteiger charge is 2.39. The highest BCUT2D eigenvalue weighted by molar-refractivity contribution is 9.10. The van der Waals surface area contributed by atoms with Gasteiger partial charge in [0.25, 0.3) is 0 Å². The van der Waals surface area contributed by atoms with Crippen LogP contribution < -0.4 is 5.73 Å². The maximum atomic E-state index is 13.8. The lowest BCUT2D eigenvalue weighted by Crippen LogP contribution is -2.40. The molecule has 0 aliphatic heterocycles. The second-order valence-corrected chi connectivity index (χ2v) is 5.91. The number of nitrogens with two attached hydrogens (primary N) is 1. The van der Waals surface area contributed by atoms with Crippen molar-refractivity contribution in [3.63, 3.8) is 0 Å². The molecule has 98 valence electrons. The molecule has 0 bridgehead atoms. The minimum atomic E-state index is -0.556. The van der Waals surface area contributed by atoms with Crippen molar-refractivity contribution in [2.45, 2.75) is 32.1 Å². The van der Waals surface area contributed by atoms with E-state index in [2.05, 4.69) is 15.9 Å². The summed E-state index contributed by atoms with van der Waals surface area (Å²) < 4.78 is 14.5. The number of Topliss-reactive ketones (excluding diaryl/α,β-unsaturated/α-hetero) is 1. The van der Waals surface area contributed by atoms with Crippen molar-refractivity contribution in [1.82, 2.24) is 0 Å². The Morgan fingerprint density at radius 3 is 2.61 bits per heavy atom. The molecule has 2 rings (SSSR count). The normalized spacial score (nSPS) is 18.6. The summed E-state index contributed by atoms with van der Waals surface area (Å²) >= 11 is 3.28. The van der Waals surface area contributed by atoms with Gasteiger partial charge in [0, 0.05) is 16.4 Å². The second-order valence-electron chi connectivity index (χ2n) is 5.00. The zero-order chi connectivity index (χ0) is 13.2. The van der Waals surface area contributed by atoms with Crippen LogP contribution in [0, 0.1) is 11.2 Å². The smallest absolute Gasteiger partial charge is 0.173 e. The molecule has 1 aliphatic rings. The Morgan fingerprint density at radius 2 is 2.00 bits per heavy atom. The molecule has 0 aromatic heterocycles. The topological polar surface area (TPSA) is 43.1 Å². The molecule has 0 atom stereocenters. The summed E-state index contributed by atoms with van der Waals surface area (Å²) in [5.74, 6) is -0.593. The van der Waals surface area contributed by atoms with E-state index in [1.807, 2.05) is 0 Å². The van der Waals surface area contributed by atoms with Crippen LogP contribution >= 0.6 is 15.9 Å². The molecule has 1 aromatic rings. The van der Waals surface area contributed by atoms with Crippen molar-refractivity contribution in [2.75, 3.05) is 6.54 Å². The summed E-state index contributed by atoms with van der Waals surface area (Å²) in [6, 6.07) is 4.48. The van der Waals surface area contributed by atoms with E-state index >= 15 is 0 Å². The average molecular weight is 314 g/mol. The van der Waals surface area contributed by atoms with Crippen molar-refractivity contribution in [2.24, 2.45) is 11.1 Å². The van der Waals surface area contributed by atoms with Crippen LogP contribution in [0.5, 0.6) is 0 Å². The van der Waals surface area contributed by atoms with Gasteiger partial charge in [0.15, 0.2) is 5.78 Å². The molecule has 4 heteroatoms. The fourth-order valence-corrected chi connectivity index (χ4v) is 3.07. The van der Waals surface area contributed by atoms with Crippen LogP contribution in [0.25, 0.3) is 0 Å². The third kappa shape index (κ3) is 2.50. The van der Waals surface area contributed by atoms with E-state index in [4.69, 9.17) is 5.73 Å². The quantitative estimate of drug-likeness (QED) is 0.865. The molecule has 1 aliphatic carbocycles. The van der Waals surface area contributed by atoms with E-state index < -0.39 is 11.2 Å². The van der Waals surface area contributed by atoms with Crippen molar-refractivity contribution in [3.05, 3.63) is 34.1 Å². The van der Waals surface area contributed by atoms with Gasteiger partial charge < -0.3 is 5.73 Å². The van der Waals surface area contributed by atoms with Gasteiger partial charge >= 0.3 is 0 Å². The Balaban J connectivity index is 2.36. The van der Waals surface area contributed by atoms with Crippen LogP contribution in [0.3, 0.4) is 0 Å². The third-order valence-electron chi connectivity index (χ3n) is 3.86. The molecule has 0 amide bonds. The number of rotatable bonds is 3. The summed E-state index contributed by atoms with van der Waals surface area (Å²) in [4.78, 5) is 12.6. The predicted molar refractivity (Wildman–Crippen MR) is 73.0 cm³/mol. The highest BCUT2D eigenvalue weighted by Crippen LogP contribution is 2.39. The van der Waals surface area contributed by atoms with Gasteiger partial charge in [-0.05, 0) is 31.0 Å². The van der Waals surface area contributed by atoms with E-state index in [1.165, 1.54) is 6.07 Å².